The lowest BCUT2D eigenvalue weighted by Gasteiger charge is -2.09. The van der Waals surface area contributed by atoms with Crippen LogP contribution in [0.1, 0.15) is 21.9 Å². The molecular formula is C13H12Cl2N2O4S. The third-order valence-corrected chi connectivity index (χ3v) is 4.73. The average Bonchev–Trinajstić information content (AvgIpc) is 2.78. The first kappa shape index (κ1) is 16.8. The van der Waals surface area contributed by atoms with Crippen molar-refractivity contribution >= 4 is 39.1 Å². The van der Waals surface area contributed by atoms with Crippen LogP contribution in [0.5, 0.6) is 0 Å². The largest absolute Gasteiger partial charge is 0.466 e. The SMILES string of the molecule is Cc1cc(C(=O)NNS(=O)(=O)c2cc(Cl)ccc2Cl)c(C)o1. The summed E-state index contributed by atoms with van der Waals surface area (Å²) in [5.74, 6) is 0.287. The number of halogens is 2. The molecule has 0 aliphatic carbocycles. The minimum absolute atomic E-state index is 0.0125. The van der Waals surface area contributed by atoms with Crippen molar-refractivity contribution in [1.82, 2.24) is 10.3 Å². The van der Waals surface area contributed by atoms with Crippen molar-refractivity contribution in [2.75, 3.05) is 0 Å². The molecule has 2 N–H and O–H groups in total. The summed E-state index contributed by atoms with van der Waals surface area (Å²) in [5.41, 5.74) is 2.33. The Balaban J connectivity index is 2.18. The molecule has 0 aliphatic heterocycles. The van der Waals surface area contributed by atoms with Crippen LogP contribution >= 0.6 is 23.2 Å². The highest BCUT2D eigenvalue weighted by Gasteiger charge is 2.21. The fraction of sp³-hybridized carbons (Fsp3) is 0.154. The molecule has 2 rings (SSSR count). The van der Waals surface area contributed by atoms with Crippen LogP contribution < -0.4 is 10.3 Å². The summed E-state index contributed by atoms with van der Waals surface area (Å²) in [4.78, 5) is 13.7. The molecular weight excluding hydrogens is 351 g/mol. The highest BCUT2D eigenvalue weighted by Crippen LogP contribution is 2.24. The van der Waals surface area contributed by atoms with Crippen LogP contribution in [0.25, 0.3) is 0 Å². The fourth-order valence-corrected chi connectivity index (χ4v) is 3.38. The zero-order valence-corrected chi connectivity index (χ0v) is 13.9. The molecule has 0 unspecified atom stereocenters. The Labute approximate surface area is 137 Å². The minimum Gasteiger partial charge on any atom is -0.466 e. The number of hydrogen-bond acceptors (Lipinski definition) is 4. The summed E-state index contributed by atoms with van der Waals surface area (Å²) in [6, 6.07) is 5.50. The van der Waals surface area contributed by atoms with E-state index in [2.05, 4.69) is 5.43 Å². The van der Waals surface area contributed by atoms with Crippen LogP contribution in [0.15, 0.2) is 33.6 Å². The third kappa shape index (κ3) is 3.61. The van der Waals surface area contributed by atoms with Gasteiger partial charge in [0.2, 0.25) is 0 Å². The van der Waals surface area contributed by atoms with Gasteiger partial charge in [0.15, 0.2) is 0 Å². The van der Waals surface area contributed by atoms with E-state index in [0.717, 1.165) is 0 Å². The van der Waals surface area contributed by atoms with Crippen LogP contribution in [0.2, 0.25) is 10.0 Å². The Hall–Kier alpha value is -1.54. The zero-order valence-electron chi connectivity index (χ0n) is 11.6. The smallest absolute Gasteiger partial charge is 0.269 e. The van der Waals surface area contributed by atoms with E-state index in [1.807, 2.05) is 4.83 Å². The van der Waals surface area contributed by atoms with E-state index in [4.69, 9.17) is 27.6 Å². The van der Waals surface area contributed by atoms with E-state index < -0.39 is 15.9 Å². The number of hydrogen-bond donors (Lipinski definition) is 2. The van der Waals surface area contributed by atoms with E-state index in [-0.39, 0.29) is 20.5 Å². The van der Waals surface area contributed by atoms with Crippen molar-refractivity contribution in [2.45, 2.75) is 18.7 Å². The fourth-order valence-electron chi connectivity index (χ4n) is 1.78. The Morgan fingerprint density at radius 3 is 2.45 bits per heavy atom. The number of carbonyl (C=O) groups is 1. The van der Waals surface area contributed by atoms with Gasteiger partial charge in [-0.15, -0.1) is 4.83 Å². The van der Waals surface area contributed by atoms with E-state index in [9.17, 15) is 13.2 Å². The number of amides is 1. The van der Waals surface area contributed by atoms with Crippen LogP contribution in [-0.4, -0.2) is 14.3 Å². The highest BCUT2D eigenvalue weighted by atomic mass is 35.5. The molecule has 0 bridgehead atoms. The zero-order chi connectivity index (χ0) is 16.5. The summed E-state index contributed by atoms with van der Waals surface area (Å²) in [6.07, 6.45) is 0. The van der Waals surface area contributed by atoms with Gasteiger partial charge in [0, 0.05) is 5.02 Å². The Morgan fingerprint density at radius 1 is 1.18 bits per heavy atom. The number of aryl methyl sites for hydroxylation is 2. The van der Waals surface area contributed by atoms with Gasteiger partial charge < -0.3 is 4.42 Å². The summed E-state index contributed by atoms with van der Waals surface area (Å²) < 4.78 is 29.5. The van der Waals surface area contributed by atoms with E-state index in [0.29, 0.717) is 11.5 Å². The van der Waals surface area contributed by atoms with Crippen LogP contribution in [-0.2, 0) is 10.0 Å². The molecule has 9 heteroatoms. The standard InChI is InChI=1S/C13H12Cl2N2O4S/c1-7-5-10(8(2)21-7)13(18)16-17-22(19,20)12-6-9(14)3-4-11(12)15/h3-6,17H,1-2H3,(H,16,18). The molecule has 0 aliphatic rings. The number of furan rings is 1. The maximum atomic E-state index is 12.1. The van der Waals surface area contributed by atoms with Gasteiger partial charge in [0.05, 0.1) is 10.6 Å². The summed E-state index contributed by atoms with van der Waals surface area (Å²) in [5, 5.41) is 0.193. The first-order valence-corrected chi connectivity index (χ1v) is 8.29. The lowest BCUT2D eigenvalue weighted by Crippen LogP contribution is -2.41. The summed E-state index contributed by atoms with van der Waals surface area (Å²) in [7, 11) is -4.05. The Morgan fingerprint density at radius 2 is 1.86 bits per heavy atom. The Bertz CT molecular complexity index is 831. The van der Waals surface area contributed by atoms with Crippen LogP contribution in [0, 0.1) is 13.8 Å². The molecule has 0 spiro atoms. The average molecular weight is 363 g/mol. The van der Waals surface area contributed by atoms with Gasteiger partial charge in [-0.25, -0.2) is 8.42 Å². The predicted octanol–water partition coefficient (Wildman–Crippen LogP) is 2.83. The van der Waals surface area contributed by atoms with Crippen LogP contribution in [0.4, 0.5) is 0 Å². The second kappa shape index (κ2) is 6.29. The first-order valence-electron chi connectivity index (χ1n) is 6.05. The molecule has 0 fully saturated rings. The molecule has 1 heterocycles. The van der Waals surface area contributed by atoms with Gasteiger partial charge in [-0.3, -0.25) is 10.2 Å². The van der Waals surface area contributed by atoms with Gasteiger partial charge in [-0.05, 0) is 38.1 Å². The molecule has 6 nitrogen and oxygen atoms in total. The molecule has 2 aromatic rings. The topological polar surface area (TPSA) is 88.4 Å². The highest BCUT2D eigenvalue weighted by molar-refractivity contribution is 7.89. The van der Waals surface area contributed by atoms with Crippen molar-refractivity contribution in [3.63, 3.8) is 0 Å². The normalized spacial score (nSPS) is 11.5. The van der Waals surface area contributed by atoms with Gasteiger partial charge in [-0.2, -0.15) is 0 Å². The molecule has 1 aromatic heterocycles. The molecule has 1 aromatic carbocycles. The number of benzene rings is 1. The predicted molar refractivity (Wildman–Crippen MR) is 82.4 cm³/mol. The Kier molecular flexibility index (Phi) is 4.81. The minimum atomic E-state index is -4.05. The van der Waals surface area contributed by atoms with Crippen molar-refractivity contribution < 1.29 is 17.6 Å². The molecule has 22 heavy (non-hydrogen) atoms. The van der Waals surface area contributed by atoms with Gasteiger partial charge in [0.25, 0.3) is 15.9 Å². The third-order valence-electron chi connectivity index (χ3n) is 2.77. The number of sulfonamides is 1. The molecule has 118 valence electrons. The van der Waals surface area contributed by atoms with Gasteiger partial charge >= 0.3 is 0 Å². The molecule has 1 amide bonds. The molecule has 0 saturated heterocycles. The quantitative estimate of drug-likeness (QED) is 0.818. The number of carbonyl (C=O) groups excluding carboxylic acids is 1. The number of rotatable bonds is 4. The van der Waals surface area contributed by atoms with Gasteiger partial charge in [-0.1, -0.05) is 23.2 Å². The molecule has 0 saturated carbocycles. The molecule has 0 atom stereocenters. The monoisotopic (exact) mass is 362 g/mol. The number of hydrazine groups is 1. The van der Waals surface area contributed by atoms with E-state index in [1.54, 1.807) is 13.8 Å². The molecule has 0 radical (unpaired) electrons. The first-order chi connectivity index (χ1) is 10.2. The van der Waals surface area contributed by atoms with E-state index >= 15 is 0 Å². The van der Waals surface area contributed by atoms with Crippen molar-refractivity contribution in [1.29, 1.82) is 0 Å². The maximum Gasteiger partial charge on any atom is 0.269 e. The second-order valence-electron chi connectivity index (χ2n) is 4.46. The number of nitrogens with one attached hydrogen (secondary N) is 2. The summed E-state index contributed by atoms with van der Waals surface area (Å²) >= 11 is 11.6. The van der Waals surface area contributed by atoms with Crippen molar-refractivity contribution in [2.24, 2.45) is 0 Å². The lowest BCUT2D eigenvalue weighted by molar-refractivity contribution is 0.0943. The second-order valence-corrected chi connectivity index (χ2v) is 6.96. The van der Waals surface area contributed by atoms with Crippen molar-refractivity contribution in [3.8, 4) is 0 Å². The van der Waals surface area contributed by atoms with Crippen molar-refractivity contribution in [3.05, 3.63) is 51.4 Å². The van der Waals surface area contributed by atoms with Gasteiger partial charge in [0.1, 0.15) is 16.4 Å². The van der Waals surface area contributed by atoms with E-state index in [1.165, 1.54) is 24.3 Å². The lowest BCUT2D eigenvalue weighted by atomic mass is 10.2. The van der Waals surface area contributed by atoms with Crippen LogP contribution in [0.3, 0.4) is 0 Å². The maximum absolute atomic E-state index is 12.1. The summed E-state index contributed by atoms with van der Waals surface area (Å²) in [6.45, 7) is 3.28.